The van der Waals surface area contributed by atoms with Crippen LogP contribution < -0.4 is 0 Å². The predicted octanol–water partition coefficient (Wildman–Crippen LogP) is 5.24. The summed E-state index contributed by atoms with van der Waals surface area (Å²) in [6.45, 7) is 0. The van der Waals surface area contributed by atoms with E-state index in [-0.39, 0.29) is 11.5 Å². The largest absolute Gasteiger partial charge is 0.419 e. The summed E-state index contributed by atoms with van der Waals surface area (Å²) < 4.78 is 51.5. The number of rotatable bonds is 2. The van der Waals surface area contributed by atoms with E-state index < -0.39 is 23.7 Å². The standard InChI is InChI=1S/C16H20F4O/c17-14-9-8-12(10-13(14)16(18,19)20)15(21)11-6-4-2-1-3-5-7-11/h8-11,15,21H,1-7H2. The summed E-state index contributed by atoms with van der Waals surface area (Å²) >= 11 is 0. The summed E-state index contributed by atoms with van der Waals surface area (Å²) in [5, 5.41) is 10.4. The van der Waals surface area contributed by atoms with E-state index in [2.05, 4.69) is 0 Å². The molecule has 5 heteroatoms. The van der Waals surface area contributed by atoms with Crippen molar-refractivity contribution in [2.45, 2.75) is 57.2 Å². The Morgan fingerprint density at radius 1 is 1.00 bits per heavy atom. The molecule has 1 aliphatic rings. The van der Waals surface area contributed by atoms with Gasteiger partial charge >= 0.3 is 6.18 Å². The lowest BCUT2D eigenvalue weighted by atomic mass is 9.84. The van der Waals surface area contributed by atoms with E-state index >= 15 is 0 Å². The van der Waals surface area contributed by atoms with Crippen LogP contribution in [0.25, 0.3) is 0 Å². The van der Waals surface area contributed by atoms with Gasteiger partial charge in [-0.15, -0.1) is 0 Å². The number of hydrogen-bond acceptors (Lipinski definition) is 1. The zero-order valence-corrected chi connectivity index (χ0v) is 11.8. The summed E-state index contributed by atoms with van der Waals surface area (Å²) in [5.74, 6) is -1.34. The second-order valence-electron chi connectivity index (χ2n) is 5.79. The van der Waals surface area contributed by atoms with Gasteiger partial charge < -0.3 is 5.11 Å². The van der Waals surface area contributed by atoms with Crippen molar-refractivity contribution in [1.29, 1.82) is 0 Å². The zero-order chi connectivity index (χ0) is 15.5. The first-order valence-corrected chi connectivity index (χ1v) is 7.44. The van der Waals surface area contributed by atoms with Crippen LogP contribution in [0.1, 0.15) is 62.2 Å². The molecule has 1 atom stereocenters. The Kier molecular flexibility index (Phi) is 5.25. The Morgan fingerprint density at radius 2 is 1.57 bits per heavy atom. The molecule has 2 rings (SSSR count). The van der Waals surface area contributed by atoms with Gasteiger partial charge in [-0.25, -0.2) is 4.39 Å². The summed E-state index contributed by atoms with van der Waals surface area (Å²) in [6.07, 6.45) is 1.26. The first kappa shape index (κ1) is 16.3. The molecule has 0 radical (unpaired) electrons. The van der Waals surface area contributed by atoms with Crippen molar-refractivity contribution in [1.82, 2.24) is 0 Å². The van der Waals surface area contributed by atoms with E-state index in [0.29, 0.717) is 0 Å². The molecule has 1 aliphatic carbocycles. The number of hydrogen-bond donors (Lipinski definition) is 1. The lowest BCUT2D eigenvalue weighted by molar-refractivity contribution is -0.140. The van der Waals surface area contributed by atoms with Gasteiger partial charge in [0, 0.05) is 0 Å². The first-order valence-electron chi connectivity index (χ1n) is 7.44. The van der Waals surface area contributed by atoms with Crippen LogP contribution in [0.5, 0.6) is 0 Å². The monoisotopic (exact) mass is 304 g/mol. The quantitative estimate of drug-likeness (QED) is 0.741. The topological polar surface area (TPSA) is 20.2 Å². The molecule has 1 aromatic carbocycles. The molecule has 118 valence electrons. The van der Waals surface area contributed by atoms with E-state index in [9.17, 15) is 22.7 Å². The highest BCUT2D eigenvalue weighted by molar-refractivity contribution is 5.29. The van der Waals surface area contributed by atoms with Gasteiger partial charge in [-0.2, -0.15) is 13.2 Å². The molecule has 0 amide bonds. The van der Waals surface area contributed by atoms with E-state index in [1.807, 2.05) is 0 Å². The maximum atomic E-state index is 13.3. The summed E-state index contributed by atoms with van der Waals surface area (Å²) in [4.78, 5) is 0. The average molecular weight is 304 g/mol. The second-order valence-corrected chi connectivity index (χ2v) is 5.79. The Morgan fingerprint density at radius 3 is 2.14 bits per heavy atom. The zero-order valence-electron chi connectivity index (χ0n) is 11.8. The van der Waals surface area contributed by atoms with Crippen molar-refractivity contribution in [3.63, 3.8) is 0 Å². The van der Waals surface area contributed by atoms with E-state index in [1.165, 1.54) is 12.5 Å². The van der Waals surface area contributed by atoms with Crippen LogP contribution in [-0.4, -0.2) is 5.11 Å². The normalized spacial score (nSPS) is 19.9. The molecule has 1 N–H and O–H groups in total. The fourth-order valence-corrected chi connectivity index (χ4v) is 3.02. The summed E-state index contributed by atoms with van der Waals surface area (Å²) in [6, 6.07) is 2.80. The summed E-state index contributed by atoms with van der Waals surface area (Å²) in [7, 11) is 0. The van der Waals surface area contributed by atoms with Gasteiger partial charge in [-0.1, -0.05) is 38.2 Å². The van der Waals surface area contributed by atoms with Crippen molar-refractivity contribution in [3.05, 3.63) is 35.1 Å². The average Bonchev–Trinajstić information content (AvgIpc) is 2.36. The Hall–Kier alpha value is -1.10. The van der Waals surface area contributed by atoms with Crippen LogP contribution in [0.15, 0.2) is 18.2 Å². The number of halogens is 4. The van der Waals surface area contributed by atoms with Gasteiger partial charge in [0.05, 0.1) is 11.7 Å². The third-order valence-corrected chi connectivity index (χ3v) is 4.23. The second kappa shape index (κ2) is 6.77. The molecule has 0 heterocycles. The molecule has 1 unspecified atom stereocenters. The van der Waals surface area contributed by atoms with E-state index in [1.54, 1.807) is 0 Å². The third-order valence-electron chi connectivity index (χ3n) is 4.23. The maximum Gasteiger partial charge on any atom is 0.419 e. The van der Waals surface area contributed by atoms with E-state index in [0.717, 1.165) is 50.7 Å². The lowest BCUT2D eigenvalue weighted by Gasteiger charge is -2.25. The minimum Gasteiger partial charge on any atom is -0.388 e. The summed E-state index contributed by atoms with van der Waals surface area (Å²) in [5.41, 5.74) is -1.14. The Labute approximate surface area is 122 Å². The number of aliphatic hydroxyl groups is 1. The van der Waals surface area contributed by atoms with Crippen molar-refractivity contribution in [2.24, 2.45) is 5.92 Å². The number of alkyl halides is 3. The highest BCUT2D eigenvalue weighted by Crippen LogP contribution is 2.37. The van der Waals surface area contributed by atoms with Gasteiger partial charge in [-0.05, 0) is 36.5 Å². The number of benzene rings is 1. The molecule has 0 bridgehead atoms. The van der Waals surface area contributed by atoms with Crippen molar-refractivity contribution in [3.8, 4) is 0 Å². The van der Waals surface area contributed by atoms with Gasteiger partial charge in [0.25, 0.3) is 0 Å². The minimum atomic E-state index is -4.74. The highest BCUT2D eigenvalue weighted by atomic mass is 19.4. The molecule has 0 saturated heterocycles. The predicted molar refractivity (Wildman–Crippen MR) is 72.2 cm³/mol. The molecular formula is C16H20F4O. The Balaban J connectivity index is 2.19. The molecule has 1 aromatic rings. The highest BCUT2D eigenvalue weighted by Gasteiger charge is 2.35. The van der Waals surface area contributed by atoms with Crippen molar-refractivity contribution < 1.29 is 22.7 Å². The lowest BCUT2D eigenvalue weighted by Crippen LogP contribution is -2.16. The van der Waals surface area contributed by atoms with Gasteiger partial charge in [0.15, 0.2) is 0 Å². The maximum absolute atomic E-state index is 13.3. The Bertz CT molecular complexity index is 462. The van der Waals surface area contributed by atoms with Crippen LogP contribution in [0.2, 0.25) is 0 Å². The SMILES string of the molecule is OC(c1ccc(F)c(C(F)(F)F)c1)C1CCCCCCC1. The smallest absolute Gasteiger partial charge is 0.388 e. The molecule has 1 saturated carbocycles. The van der Waals surface area contributed by atoms with Crippen LogP contribution >= 0.6 is 0 Å². The third kappa shape index (κ3) is 4.19. The van der Waals surface area contributed by atoms with E-state index in [4.69, 9.17) is 0 Å². The molecule has 0 aromatic heterocycles. The molecular weight excluding hydrogens is 284 g/mol. The fourth-order valence-electron chi connectivity index (χ4n) is 3.02. The molecule has 1 nitrogen and oxygen atoms in total. The molecule has 0 aliphatic heterocycles. The fraction of sp³-hybridized carbons (Fsp3) is 0.625. The van der Waals surface area contributed by atoms with Gasteiger partial charge in [-0.3, -0.25) is 0 Å². The van der Waals surface area contributed by atoms with Crippen molar-refractivity contribution in [2.75, 3.05) is 0 Å². The van der Waals surface area contributed by atoms with Crippen molar-refractivity contribution >= 4 is 0 Å². The van der Waals surface area contributed by atoms with Crippen LogP contribution in [0.3, 0.4) is 0 Å². The molecule has 0 spiro atoms. The van der Waals surface area contributed by atoms with Crippen LogP contribution in [0.4, 0.5) is 17.6 Å². The van der Waals surface area contributed by atoms with Crippen LogP contribution in [-0.2, 0) is 6.18 Å². The first-order chi connectivity index (χ1) is 9.89. The van der Waals surface area contributed by atoms with Gasteiger partial charge in [0.1, 0.15) is 5.82 Å². The molecule has 21 heavy (non-hydrogen) atoms. The molecule has 1 fully saturated rings. The van der Waals surface area contributed by atoms with Gasteiger partial charge in [0.2, 0.25) is 0 Å². The minimum absolute atomic E-state index is 0.0446. The van der Waals surface area contributed by atoms with Crippen LogP contribution in [0, 0.1) is 11.7 Å². The number of aliphatic hydroxyl groups excluding tert-OH is 1.